The number of methoxy groups -OCH3 is 1. The molecule has 0 aliphatic heterocycles. The Kier molecular flexibility index (Phi) is 7.79. The molecule has 1 amide bonds. The Balaban J connectivity index is 1.92. The molecule has 3 aromatic rings. The Bertz CT molecular complexity index is 1220. The molecule has 0 saturated heterocycles. The molecule has 0 bridgehead atoms. The van der Waals surface area contributed by atoms with Crippen molar-refractivity contribution in [3.05, 3.63) is 87.9 Å². The van der Waals surface area contributed by atoms with Crippen molar-refractivity contribution in [3.63, 3.8) is 0 Å². The van der Waals surface area contributed by atoms with Crippen LogP contribution in [0.5, 0.6) is 5.75 Å². The number of rotatable bonds is 8. The molecule has 0 saturated carbocycles. The number of sulfonamides is 1. The Morgan fingerprint density at radius 1 is 1.00 bits per heavy atom. The van der Waals surface area contributed by atoms with Gasteiger partial charge in [0, 0.05) is 5.69 Å². The predicted molar refractivity (Wildman–Crippen MR) is 127 cm³/mol. The first-order valence-corrected chi connectivity index (χ1v) is 11.9. The standard InChI is InChI=1S/C23H22Cl2N2O4S/c1-15-8-11-21(31-2)22(12-15)32(29,30)27-20(13-16-6-4-3-5-7-16)23(28)26-17-9-10-18(24)19(25)14-17/h3-12,14,20,27H,13H2,1-2H3,(H,26,28). The molecule has 0 aliphatic carbocycles. The normalized spacial score (nSPS) is 12.2. The summed E-state index contributed by atoms with van der Waals surface area (Å²) in [5.74, 6) is -0.353. The molecule has 9 heteroatoms. The highest BCUT2D eigenvalue weighted by Crippen LogP contribution is 2.27. The number of hydrogen-bond donors (Lipinski definition) is 2. The lowest BCUT2D eigenvalue weighted by molar-refractivity contribution is -0.117. The molecule has 1 unspecified atom stereocenters. The van der Waals surface area contributed by atoms with Gasteiger partial charge in [0.2, 0.25) is 15.9 Å². The van der Waals surface area contributed by atoms with E-state index in [1.165, 1.54) is 19.2 Å². The highest BCUT2D eigenvalue weighted by molar-refractivity contribution is 7.89. The fraction of sp³-hybridized carbons (Fsp3) is 0.174. The second-order valence-electron chi connectivity index (χ2n) is 7.14. The summed E-state index contributed by atoms with van der Waals surface area (Å²) in [5, 5.41) is 3.32. The number of amides is 1. The maximum absolute atomic E-state index is 13.2. The topological polar surface area (TPSA) is 84.5 Å². The van der Waals surface area contributed by atoms with Crippen LogP contribution in [-0.2, 0) is 21.2 Å². The molecule has 6 nitrogen and oxygen atoms in total. The summed E-state index contributed by atoms with van der Waals surface area (Å²) in [7, 11) is -2.69. The monoisotopic (exact) mass is 492 g/mol. The largest absolute Gasteiger partial charge is 0.495 e. The van der Waals surface area contributed by atoms with Gasteiger partial charge in [-0.25, -0.2) is 8.42 Å². The zero-order valence-corrected chi connectivity index (χ0v) is 19.8. The summed E-state index contributed by atoms with van der Waals surface area (Å²) in [4.78, 5) is 13.1. The molecule has 1 atom stereocenters. The zero-order chi connectivity index (χ0) is 23.3. The average molecular weight is 493 g/mol. The number of hydrogen-bond acceptors (Lipinski definition) is 4. The SMILES string of the molecule is COc1ccc(C)cc1S(=O)(=O)NC(Cc1ccccc1)C(=O)Nc1ccc(Cl)c(Cl)c1. The number of aryl methyl sites for hydroxylation is 1. The Hall–Kier alpha value is -2.58. The van der Waals surface area contributed by atoms with Crippen LogP contribution < -0.4 is 14.8 Å². The lowest BCUT2D eigenvalue weighted by Crippen LogP contribution is -2.45. The quantitative estimate of drug-likeness (QED) is 0.471. The Morgan fingerprint density at radius 3 is 2.38 bits per heavy atom. The molecule has 0 aliphatic rings. The minimum Gasteiger partial charge on any atom is -0.495 e. The summed E-state index contributed by atoms with van der Waals surface area (Å²) in [6, 6.07) is 17.5. The van der Waals surface area contributed by atoms with Crippen LogP contribution in [0.25, 0.3) is 0 Å². The van der Waals surface area contributed by atoms with Gasteiger partial charge in [-0.05, 0) is 54.8 Å². The first-order valence-electron chi connectivity index (χ1n) is 9.66. The van der Waals surface area contributed by atoms with Crippen LogP contribution in [-0.4, -0.2) is 27.5 Å². The van der Waals surface area contributed by atoms with Crippen molar-refractivity contribution < 1.29 is 17.9 Å². The number of carbonyl (C=O) groups is 1. The fourth-order valence-electron chi connectivity index (χ4n) is 3.09. The summed E-state index contributed by atoms with van der Waals surface area (Å²) >= 11 is 12.0. The molecule has 0 aromatic heterocycles. The average Bonchev–Trinajstić information content (AvgIpc) is 2.76. The molecule has 0 fully saturated rings. The summed E-state index contributed by atoms with van der Waals surface area (Å²) in [6.45, 7) is 1.77. The van der Waals surface area contributed by atoms with Crippen LogP contribution in [0, 0.1) is 6.92 Å². The second-order valence-corrected chi connectivity index (χ2v) is 9.63. The maximum Gasteiger partial charge on any atom is 0.245 e. The van der Waals surface area contributed by atoms with E-state index >= 15 is 0 Å². The summed E-state index contributed by atoms with van der Waals surface area (Å²) in [5.41, 5.74) is 1.93. The first-order chi connectivity index (χ1) is 15.2. The lowest BCUT2D eigenvalue weighted by Gasteiger charge is -2.20. The second kappa shape index (κ2) is 10.4. The van der Waals surface area contributed by atoms with Crippen molar-refractivity contribution in [1.82, 2.24) is 4.72 Å². The van der Waals surface area contributed by atoms with Crippen LogP contribution in [0.15, 0.2) is 71.6 Å². The van der Waals surface area contributed by atoms with Gasteiger partial charge in [-0.1, -0.05) is 59.6 Å². The van der Waals surface area contributed by atoms with Crippen LogP contribution in [0.1, 0.15) is 11.1 Å². The van der Waals surface area contributed by atoms with Crippen molar-refractivity contribution in [3.8, 4) is 5.75 Å². The summed E-state index contributed by atoms with van der Waals surface area (Å²) < 4.78 is 34.2. The molecule has 3 rings (SSSR count). The van der Waals surface area contributed by atoms with E-state index in [0.717, 1.165) is 11.1 Å². The van der Waals surface area contributed by atoms with Crippen molar-refractivity contribution in [2.24, 2.45) is 0 Å². The number of carbonyl (C=O) groups excluding carboxylic acids is 1. The molecule has 0 heterocycles. The van der Waals surface area contributed by atoms with E-state index in [-0.39, 0.29) is 22.1 Å². The zero-order valence-electron chi connectivity index (χ0n) is 17.4. The van der Waals surface area contributed by atoms with E-state index in [9.17, 15) is 13.2 Å². The van der Waals surface area contributed by atoms with Crippen LogP contribution in [0.3, 0.4) is 0 Å². The number of benzene rings is 3. The molecule has 3 aromatic carbocycles. The van der Waals surface area contributed by atoms with E-state index in [1.54, 1.807) is 31.2 Å². The highest BCUT2D eigenvalue weighted by atomic mass is 35.5. The van der Waals surface area contributed by atoms with Crippen molar-refractivity contribution in [1.29, 1.82) is 0 Å². The van der Waals surface area contributed by atoms with Gasteiger partial charge in [0.05, 0.1) is 17.2 Å². The molecule has 32 heavy (non-hydrogen) atoms. The predicted octanol–water partition coefficient (Wildman–Crippen LogP) is 4.84. The van der Waals surface area contributed by atoms with Gasteiger partial charge in [-0.2, -0.15) is 4.72 Å². The minimum atomic E-state index is -4.08. The van der Waals surface area contributed by atoms with Gasteiger partial charge >= 0.3 is 0 Å². The third-order valence-electron chi connectivity index (χ3n) is 4.69. The Morgan fingerprint density at radius 2 is 1.72 bits per heavy atom. The maximum atomic E-state index is 13.2. The van der Waals surface area contributed by atoms with Gasteiger partial charge in [-0.15, -0.1) is 0 Å². The molecule has 168 valence electrons. The van der Waals surface area contributed by atoms with E-state index < -0.39 is 22.0 Å². The van der Waals surface area contributed by atoms with Gasteiger partial charge in [0.25, 0.3) is 0 Å². The molecule has 2 N–H and O–H groups in total. The minimum absolute atomic E-state index is 0.0413. The lowest BCUT2D eigenvalue weighted by atomic mass is 10.1. The number of halogens is 2. The summed E-state index contributed by atoms with van der Waals surface area (Å²) in [6.07, 6.45) is 0.140. The van der Waals surface area contributed by atoms with Gasteiger partial charge in [-0.3, -0.25) is 4.79 Å². The van der Waals surface area contributed by atoms with Crippen molar-refractivity contribution in [2.45, 2.75) is 24.3 Å². The van der Waals surface area contributed by atoms with E-state index in [4.69, 9.17) is 27.9 Å². The van der Waals surface area contributed by atoms with Gasteiger partial charge in [0.1, 0.15) is 16.7 Å². The van der Waals surface area contributed by atoms with Crippen LogP contribution in [0.4, 0.5) is 5.69 Å². The van der Waals surface area contributed by atoms with E-state index in [2.05, 4.69) is 10.0 Å². The molecule has 0 radical (unpaired) electrons. The highest BCUT2D eigenvalue weighted by Gasteiger charge is 2.28. The Labute approximate surface area is 197 Å². The van der Waals surface area contributed by atoms with E-state index in [1.807, 2.05) is 30.3 Å². The third kappa shape index (κ3) is 6.01. The van der Waals surface area contributed by atoms with Crippen molar-refractivity contribution in [2.75, 3.05) is 12.4 Å². The van der Waals surface area contributed by atoms with Gasteiger partial charge in [0.15, 0.2) is 0 Å². The van der Waals surface area contributed by atoms with Crippen LogP contribution >= 0.6 is 23.2 Å². The van der Waals surface area contributed by atoms with Crippen LogP contribution in [0.2, 0.25) is 10.0 Å². The van der Waals surface area contributed by atoms with E-state index in [0.29, 0.717) is 10.7 Å². The number of ether oxygens (including phenoxy) is 1. The number of nitrogens with one attached hydrogen (secondary N) is 2. The third-order valence-corrected chi connectivity index (χ3v) is 6.92. The fourth-order valence-corrected chi connectivity index (χ4v) is 4.83. The smallest absolute Gasteiger partial charge is 0.245 e. The molecule has 0 spiro atoms. The number of anilines is 1. The molecular weight excluding hydrogens is 471 g/mol. The van der Waals surface area contributed by atoms with Crippen molar-refractivity contribution >= 4 is 44.8 Å². The van der Waals surface area contributed by atoms with Gasteiger partial charge < -0.3 is 10.1 Å². The first kappa shape index (κ1) is 24.1. The molecular formula is C23H22Cl2N2O4S.